The molecular formula is C29H29I3P2. The highest BCUT2D eigenvalue weighted by Crippen LogP contribution is 2.43. The van der Waals surface area contributed by atoms with Gasteiger partial charge in [0.15, 0.2) is 0 Å². The Labute approximate surface area is 247 Å². The lowest BCUT2D eigenvalue weighted by molar-refractivity contribution is 0.720. The van der Waals surface area contributed by atoms with Crippen LogP contribution in [-0.4, -0.2) is 0 Å². The molecule has 0 fully saturated rings. The van der Waals surface area contributed by atoms with Gasteiger partial charge in [0.1, 0.15) is 0 Å². The highest BCUT2D eigenvalue weighted by molar-refractivity contribution is 14.2. The molecule has 0 N–H and O–H groups in total. The first-order chi connectivity index (χ1) is 16.6. The van der Waals surface area contributed by atoms with Crippen LogP contribution in [0.2, 0.25) is 0 Å². The Bertz CT molecular complexity index is 1040. The molecule has 0 bridgehead atoms. The predicted molar refractivity (Wildman–Crippen MR) is 182 cm³/mol. The number of rotatable bonds is 8. The summed E-state index contributed by atoms with van der Waals surface area (Å²) in [6, 6.07) is 41.4. The number of benzene rings is 4. The lowest BCUT2D eigenvalue weighted by atomic mass is 10.1. The summed E-state index contributed by atoms with van der Waals surface area (Å²) >= 11 is 7.70. The molecule has 2 atom stereocenters. The smallest absolute Gasteiger partial charge is 0.0359 e. The molecule has 5 heteroatoms. The molecule has 0 spiro atoms. The summed E-state index contributed by atoms with van der Waals surface area (Å²) in [6.45, 7) is 2.26. The first kappa shape index (κ1) is 28.5. The molecule has 4 aromatic rings. The Balaban J connectivity index is 0.000000202. The minimum atomic E-state index is -0.246. The van der Waals surface area contributed by atoms with Crippen molar-refractivity contribution in [1.29, 1.82) is 0 Å². The van der Waals surface area contributed by atoms with Crippen LogP contribution in [-0.2, 0) is 0 Å². The van der Waals surface area contributed by atoms with Gasteiger partial charge >= 0.3 is 0 Å². The molecule has 0 saturated carbocycles. The Morgan fingerprint density at radius 3 is 1.26 bits per heavy atom. The van der Waals surface area contributed by atoms with Crippen molar-refractivity contribution in [1.82, 2.24) is 0 Å². The molecule has 0 aliphatic rings. The standard InChI is InChI=1S/C17H19I2P.C12H10IP/c1-2-3-9-17(18)14-10-12-16(13-11-14)20(19)15-7-5-4-6-8-15;13-14(11-7-3-1-4-8-11)12-9-5-2-6-10-12/h4-8,10-13,17H,2-3,9H2,1H3;1-10H. The topological polar surface area (TPSA) is 0 Å². The molecule has 0 nitrogen and oxygen atoms in total. The van der Waals surface area contributed by atoms with E-state index < -0.39 is 0 Å². The molecule has 4 rings (SSSR count). The molecule has 0 heterocycles. The van der Waals surface area contributed by atoms with E-state index in [9.17, 15) is 0 Å². The maximum Gasteiger partial charge on any atom is 0.0359 e. The molecule has 0 radical (unpaired) electrons. The van der Waals surface area contributed by atoms with E-state index in [4.69, 9.17) is 0 Å². The van der Waals surface area contributed by atoms with E-state index in [1.165, 1.54) is 46.0 Å². The summed E-state index contributed by atoms with van der Waals surface area (Å²) in [6.07, 6.45) is 3.89. The van der Waals surface area contributed by atoms with E-state index in [1.807, 2.05) is 0 Å². The largest absolute Gasteiger partial charge is 0.0774 e. The summed E-state index contributed by atoms with van der Waals surface area (Å²) in [5.74, 6) is 0. The monoisotopic (exact) mass is 820 g/mol. The van der Waals surface area contributed by atoms with Crippen LogP contribution < -0.4 is 21.2 Å². The third-order valence-electron chi connectivity index (χ3n) is 5.24. The average Bonchev–Trinajstić information content (AvgIpc) is 2.93. The van der Waals surface area contributed by atoms with Crippen LogP contribution in [0.25, 0.3) is 0 Å². The van der Waals surface area contributed by atoms with E-state index >= 15 is 0 Å². The molecule has 2 unspecified atom stereocenters. The van der Waals surface area contributed by atoms with Crippen LogP contribution >= 0.6 is 77.8 Å². The van der Waals surface area contributed by atoms with Gasteiger partial charge in [0.2, 0.25) is 0 Å². The number of alkyl halides is 1. The Morgan fingerprint density at radius 2 is 0.912 bits per heavy atom. The predicted octanol–water partition coefficient (Wildman–Crippen LogP) is 9.60. The van der Waals surface area contributed by atoms with Gasteiger partial charge in [-0.25, -0.2) is 0 Å². The van der Waals surface area contributed by atoms with Crippen LogP contribution in [0, 0.1) is 0 Å². The molecule has 34 heavy (non-hydrogen) atoms. The van der Waals surface area contributed by atoms with Crippen molar-refractivity contribution in [2.45, 2.75) is 30.1 Å². The van der Waals surface area contributed by atoms with Crippen molar-refractivity contribution in [2.24, 2.45) is 0 Å². The van der Waals surface area contributed by atoms with E-state index in [1.54, 1.807) is 0 Å². The summed E-state index contributed by atoms with van der Waals surface area (Å²) in [5.41, 5.74) is 1.02. The fourth-order valence-electron chi connectivity index (χ4n) is 3.34. The first-order valence-corrected chi connectivity index (χ1v) is 20.9. The van der Waals surface area contributed by atoms with Crippen molar-refractivity contribution >= 4 is 99.0 Å². The lowest BCUT2D eigenvalue weighted by Crippen LogP contribution is -2.07. The van der Waals surface area contributed by atoms with E-state index in [-0.39, 0.29) is 11.1 Å². The Morgan fingerprint density at radius 1 is 0.559 bits per heavy atom. The van der Waals surface area contributed by atoms with Crippen LogP contribution in [0.1, 0.15) is 35.7 Å². The zero-order valence-electron chi connectivity index (χ0n) is 19.2. The summed E-state index contributed by atoms with van der Waals surface area (Å²) in [7, 11) is 0. The number of hydrogen-bond acceptors (Lipinski definition) is 0. The van der Waals surface area contributed by atoms with Crippen LogP contribution in [0.3, 0.4) is 0 Å². The minimum Gasteiger partial charge on any atom is -0.0774 e. The van der Waals surface area contributed by atoms with Gasteiger partial charge in [0, 0.05) is 15.1 Å². The van der Waals surface area contributed by atoms with Gasteiger partial charge in [-0.2, -0.15) is 0 Å². The van der Waals surface area contributed by atoms with E-state index in [2.05, 4.69) is 189 Å². The molecule has 4 aromatic carbocycles. The maximum absolute atomic E-state index is 2.59. The lowest BCUT2D eigenvalue weighted by Gasteiger charge is -2.14. The van der Waals surface area contributed by atoms with Gasteiger partial charge in [-0.05, 0) is 77.3 Å². The second kappa shape index (κ2) is 15.9. The molecule has 0 saturated heterocycles. The highest BCUT2D eigenvalue weighted by Gasteiger charge is 2.11. The molecule has 0 aliphatic carbocycles. The molecule has 176 valence electrons. The van der Waals surface area contributed by atoms with Crippen LogP contribution in [0.15, 0.2) is 115 Å². The third-order valence-corrected chi connectivity index (χ3v) is 16.3. The Kier molecular flexibility index (Phi) is 13.3. The second-order valence-corrected chi connectivity index (χ2v) is 18.3. The Hall–Kier alpha value is -0.0700. The van der Waals surface area contributed by atoms with Gasteiger partial charge in [-0.3, -0.25) is 0 Å². The molecule has 0 amide bonds. The first-order valence-electron chi connectivity index (χ1n) is 11.4. The minimum absolute atomic E-state index is 0.201. The van der Waals surface area contributed by atoms with E-state index in [0.717, 1.165) is 0 Å². The number of halogens is 3. The quantitative estimate of drug-likeness (QED) is 0.0945. The summed E-state index contributed by atoms with van der Waals surface area (Å²) < 4.78 is 0.652. The summed E-state index contributed by atoms with van der Waals surface area (Å²) in [5, 5.41) is 5.74. The van der Waals surface area contributed by atoms with Crippen molar-refractivity contribution < 1.29 is 0 Å². The van der Waals surface area contributed by atoms with Gasteiger partial charge in [0.05, 0.1) is 0 Å². The molecular weight excluding hydrogens is 791 g/mol. The normalized spacial score (nSPS) is 12.5. The van der Waals surface area contributed by atoms with Gasteiger partial charge < -0.3 is 0 Å². The third kappa shape index (κ3) is 9.10. The number of unbranched alkanes of at least 4 members (excludes halogenated alkanes) is 1. The summed E-state index contributed by atoms with van der Waals surface area (Å²) in [4.78, 5) is 0. The van der Waals surface area contributed by atoms with E-state index in [0.29, 0.717) is 3.92 Å². The highest BCUT2D eigenvalue weighted by atomic mass is 127. The van der Waals surface area contributed by atoms with Gasteiger partial charge in [-0.15, -0.1) is 0 Å². The molecule has 0 aromatic heterocycles. The fraction of sp³-hybridized carbons (Fsp3) is 0.172. The van der Waals surface area contributed by atoms with Gasteiger partial charge in [0.25, 0.3) is 0 Å². The molecule has 0 aliphatic heterocycles. The maximum atomic E-state index is 2.59. The second-order valence-electron chi connectivity index (χ2n) is 7.77. The SMILES string of the molecule is CCCCC(I)c1ccc(P(I)c2ccccc2)cc1.IP(c1ccccc1)c1ccccc1. The van der Waals surface area contributed by atoms with Crippen molar-refractivity contribution in [3.63, 3.8) is 0 Å². The van der Waals surface area contributed by atoms with Crippen LogP contribution in [0.5, 0.6) is 0 Å². The zero-order valence-corrected chi connectivity index (χ0v) is 27.5. The van der Waals surface area contributed by atoms with Crippen molar-refractivity contribution in [3.05, 3.63) is 121 Å². The zero-order chi connectivity index (χ0) is 24.2. The van der Waals surface area contributed by atoms with Crippen molar-refractivity contribution in [2.75, 3.05) is 0 Å². The van der Waals surface area contributed by atoms with Gasteiger partial charge in [-0.1, -0.05) is 158 Å². The van der Waals surface area contributed by atoms with Crippen molar-refractivity contribution in [3.8, 4) is 0 Å². The fourth-order valence-corrected chi connectivity index (χ4v) is 10.4. The average molecular weight is 820 g/mol. The van der Waals surface area contributed by atoms with Crippen LogP contribution in [0.4, 0.5) is 0 Å². The number of hydrogen-bond donors (Lipinski definition) is 0.